The molecule has 118 valence electrons. The molecule has 0 fully saturated rings. The number of carbonyl (C=O) groups is 1. The van der Waals surface area contributed by atoms with Crippen LogP contribution in [-0.4, -0.2) is 16.1 Å². The monoisotopic (exact) mass is 308 g/mol. The molecular formula is C19H20N2O2. The Kier molecular flexibility index (Phi) is 4.71. The van der Waals surface area contributed by atoms with Crippen molar-refractivity contribution in [3.63, 3.8) is 0 Å². The fourth-order valence-electron chi connectivity index (χ4n) is 2.91. The van der Waals surface area contributed by atoms with Crippen LogP contribution in [0, 0.1) is 0 Å². The number of carboxylic acid groups (broad SMARTS) is 1. The van der Waals surface area contributed by atoms with Crippen molar-refractivity contribution in [2.75, 3.05) is 5.32 Å². The van der Waals surface area contributed by atoms with Crippen LogP contribution in [0.1, 0.15) is 42.4 Å². The lowest BCUT2D eigenvalue weighted by molar-refractivity contribution is -0.137. The summed E-state index contributed by atoms with van der Waals surface area (Å²) in [5, 5.41) is 12.2. The van der Waals surface area contributed by atoms with E-state index < -0.39 is 5.97 Å². The van der Waals surface area contributed by atoms with Gasteiger partial charge in [0.05, 0.1) is 0 Å². The molecule has 4 nitrogen and oxygen atoms in total. The average Bonchev–Trinajstić information content (AvgIpc) is 2.72. The number of aromatic nitrogens is 1. The van der Waals surface area contributed by atoms with E-state index in [0.717, 1.165) is 30.6 Å². The summed E-state index contributed by atoms with van der Waals surface area (Å²) in [7, 11) is 0. The number of para-hydroxylation sites is 1. The zero-order valence-corrected chi connectivity index (χ0v) is 13.0. The second-order valence-electron chi connectivity index (χ2n) is 5.69. The number of nitrogens with one attached hydrogen (secondary N) is 1. The number of hydrogen-bond acceptors (Lipinski definition) is 3. The maximum absolute atomic E-state index is 10.6. The number of fused-ring (bicyclic) bond motifs is 2. The van der Waals surface area contributed by atoms with Gasteiger partial charge in [0.15, 0.2) is 0 Å². The van der Waals surface area contributed by atoms with E-state index in [0.29, 0.717) is 6.42 Å². The molecule has 0 saturated heterocycles. The molecule has 2 heterocycles. The van der Waals surface area contributed by atoms with Crippen LogP contribution in [0.4, 0.5) is 5.69 Å². The molecule has 2 N–H and O–H groups in total. The number of allylic oxidation sites excluding steroid dienone is 1. The number of aliphatic carboxylic acids is 1. The van der Waals surface area contributed by atoms with Gasteiger partial charge in [0, 0.05) is 42.2 Å². The first-order chi connectivity index (χ1) is 11.3. The Morgan fingerprint density at radius 3 is 2.96 bits per heavy atom. The van der Waals surface area contributed by atoms with Crippen molar-refractivity contribution in [3.05, 3.63) is 65.5 Å². The van der Waals surface area contributed by atoms with Gasteiger partial charge >= 0.3 is 5.97 Å². The van der Waals surface area contributed by atoms with Crippen molar-refractivity contribution in [2.24, 2.45) is 0 Å². The van der Waals surface area contributed by atoms with E-state index in [9.17, 15) is 4.79 Å². The number of rotatable bonds is 5. The SMILES string of the molecule is O=C(O)CCCCC=C1c2cnccc2CNc2ccccc21. The second-order valence-corrected chi connectivity index (χ2v) is 5.69. The molecule has 0 bridgehead atoms. The van der Waals surface area contributed by atoms with Gasteiger partial charge in [-0.15, -0.1) is 0 Å². The lowest BCUT2D eigenvalue weighted by atomic mass is 9.94. The molecular weight excluding hydrogens is 288 g/mol. The Bertz CT molecular complexity index is 688. The van der Waals surface area contributed by atoms with Crippen LogP contribution in [0.3, 0.4) is 0 Å². The normalized spacial score (nSPS) is 14.5. The summed E-state index contributed by atoms with van der Waals surface area (Å²) in [5.74, 6) is -0.726. The molecule has 0 spiro atoms. The predicted octanol–water partition coefficient (Wildman–Crippen LogP) is 4.08. The minimum absolute atomic E-state index is 0.236. The van der Waals surface area contributed by atoms with Crippen LogP contribution in [0.25, 0.3) is 5.57 Å². The second kappa shape index (κ2) is 7.09. The average molecular weight is 308 g/mol. The third-order valence-electron chi connectivity index (χ3n) is 4.08. The fourth-order valence-corrected chi connectivity index (χ4v) is 2.91. The summed E-state index contributed by atoms with van der Waals surface area (Å²) < 4.78 is 0. The third-order valence-corrected chi connectivity index (χ3v) is 4.08. The van der Waals surface area contributed by atoms with E-state index in [-0.39, 0.29) is 6.42 Å². The first-order valence-electron chi connectivity index (χ1n) is 7.94. The number of anilines is 1. The van der Waals surface area contributed by atoms with Crippen molar-refractivity contribution < 1.29 is 9.90 Å². The van der Waals surface area contributed by atoms with Gasteiger partial charge in [0.1, 0.15) is 0 Å². The van der Waals surface area contributed by atoms with Gasteiger partial charge in [0.25, 0.3) is 0 Å². The highest BCUT2D eigenvalue weighted by Crippen LogP contribution is 2.34. The van der Waals surface area contributed by atoms with E-state index in [4.69, 9.17) is 5.11 Å². The van der Waals surface area contributed by atoms with Crippen LogP contribution >= 0.6 is 0 Å². The highest BCUT2D eigenvalue weighted by atomic mass is 16.4. The van der Waals surface area contributed by atoms with E-state index in [1.807, 2.05) is 30.6 Å². The van der Waals surface area contributed by atoms with Gasteiger partial charge in [-0.05, 0) is 42.5 Å². The van der Waals surface area contributed by atoms with E-state index in [1.165, 1.54) is 16.7 Å². The van der Waals surface area contributed by atoms with Gasteiger partial charge in [-0.25, -0.2) is 0 Å². The lowest BCUT2D eigenvalue weighted by Gasteiger charge is -2.10. The van der Waals surface area contributed by atoms with Gasteiger partial charge in [-0.1, -0.05) is 24.3 Å². The molecule has 3 rings (SSSR count). The quantitative estimate of drug-likeness (QED) is 0.817. The maximum atomic E-state index is 10.6. The number of pyridine rings is 1. The standard InChI is InChI=1S/C19H20N2O2/c22-19(23)9-3-1-2-6-15-16-7-4-5-8-18(16)21-12-14-10-11-20-13-17(14)15/h4-8,10-11,13,21H,1-3,9,12H2,(H,22,23). The molecule has 4 heteroatoms. The maximum Gasteiger partial charge on any atom is 0.303 e. The minimum atomic E-state index is -0.726. The van der Waals surface area contributed by atoms with Crippen molar-refractivity contribution in [1.29, 1.82) is 0 Å². The number of unbranched alkanes of at least 4 members (excludes halogenated alkanes) is 2. The van der Waals surface area contributed by atoms with Crippen LogP contribution in [0.2, 0.25) is 0 Å². The van der Waals surface area contributed by atoms with Crippen LogP contribution in [0.15, 0.2) is 48.8 Å². The van der Waals surface area contributed by atoms with Crippen molar-refractivity contribution in [1.82, 2.24) is 4.98 Å². The topological polar surface area (TPSA) is 62.2 Å². The van der Waals surface area contributed by atoms with Crippen molar-refractivity contribution in [3.8, 4) is 0 Å². The summed E-state index contributed by atoms with van der Waals surface area (Å²) in [4.78, 5) is 14.9. The molecule has 2 aromatic rings. The molecule has 0 atom stereocenters. The van der Waals surface area contributed by atoms with Crippen LogP contribution in [0.5, 0.6) is 0 Å². The van der Waals surface area contributed by atoms with Gasteiger partial charge in [-0.3, -0.25) is 9.78 Å². The summed E-state index contributed by atoms with van der Waals surface area (Å²) in [6.07, 6.45) is 8.64. The largest absolute Gasteiger partial charge is 0.481 e. The lowest BCUT2D eigenvalue weighted by Crippen LogP contribution is -1.98. The molecule has 0 amide bonds. The zero-order chi connectivity index (χ0) is 16.1. The van der Waals surface area contributed by atoms with Gasteiger partial charge < -0.3 is 10.4 Å². The predicted molar refractivity (Wildman–Crippen MR) is 91.2 cm³/mol. The molecule has 0 aliphatic carbocycles. The van der Waals surface area contributed by atoms with E-state index in [2.05, 4.69) is 28.5 Å². The number of benzene rings is 1. The Balaban J connectivity index is 1.89. The molecule has 1 aliphatic heterocycles. The third kappa shape index (κ3) is 3.59. The fraction of sp³-hybridized carbons (Fsp3) is 0.263. The number of hydrogen-bond donors (Lipinski definition) is 2. The smallest absolute Gasteiger partial charge is 0.303 e. The summed E-state index contributed by atoms with van der Waals surface area (Å²) in [6, 6.07) is 10.3. The van der Waals surface area contributed by atoms with Gasteiger partial charge in [0.2, 0.25) is 0 Å². The molecule has 0 saturated carbocycles. The highest BCUT2D eigenvalue weighted by Gasteiger charge is 2.17. The molecule has 1 aromatic carbocycles. The van der Waals surface area contributed by atoms with Crippen molar-refractivity contribution in [2.45, 2.75) is 32.2 Å². The Hall–Kier alpha value is -2.62. The first-order valence-corrected chi connectivity index (χ1v) is 7.94. The van der Waals surface area contributed by atoms with Crippen molar-refractivity contribution >= 4 is 17.2 Å². The Morgan fingerprint density at radius 2 is 2.09 bits per heavy atom. The minimum Gasteiger partial charge on any atom is -0.481 e. The Morgan fingerprint density at radius 1 is 1.22 bits per heavy atom. The van der Waals surface area contributed by atoms with Crippen LogP contribution < -0.4 is 5.32 Å². The summed E-state index contributed by atoms with van der Waals surface area (Å²) in [6.45, 7) is 0.783. The molecule has 1 aromatic heterocycles. The zero-order valence-electron chi connectivity index (χ0n) is 13.0. The number of nitrogens with zero attached hydrogens (tertiary/aromatic N) is 1. The van der Waals surface area contributed by atoms with E-state index >= 15 is 0 Å². The van der Waals surface area contributed by atoms with Gasteiger partial charge in [-0.2, -0.15) is 0 Å². The molecule has 1 aliphatic rings. The number of carboxylic acids is 1. The molecule has 0 unspecified atom stereocenters. The summed E-state index contributed by atoms with van der Waals surface area (Å²) >= 11 is 0. The highest BCUT2D eigenvalue weighted by molar-refractivity contribution is 5.88. The first kappa shape index (κ1) is 15.3. The molecule has 23 heavy (non-hydrogen) atoms. The Labute approximate surface area is 135 Å². The van der Waals surface area contributed by atoms with Crippen LogP contribution in [-0.2, 0) is 11.3 Å². The van der Waals surface area contributed by atoms with E-state index in [1.54, 1.807) is 0 Å². The molecule has 0 radical (unpaired) electrons. The summed E-state index contributed by atoms with van der Waals surface area (Å²) in [5.41, 5.74) is 5.87.